The zero-order valence-corrected chi connectivity index (χ0v) is 12.0. The van der Waals surface area contributed by atoms with Crippen LogP contribution in [0.15, 0.2) is 35.0 Å². The first-order valence-corrected chi connectivity index (χ1v) is 7.00. The van der Waals surface area contributed by atoms with Gasteiger partial charge in [-0.3, -0.25) is 0 Å². The largest absolute Gasteiger partial charge is 0.454 e. The quantitative estimate of drug-likeness (QED) is 0.786. The van der Waals surface area contributed by atoms with Crippen LogP contribution in [-0.4, -0.2) is 16.5 Å². The lowest BCUT2D eigenvalue weighted by molar-refractivity contribution is 0.617. The minimum Gasteiger partial charge on any atom is -0.454 e. The SMILES string of the molecule is CCNc1ncnc(-c2cc3cc(F)ccc3o2)c1CC. The van der Waals surface area contributed by atoms with E-state index in [9.17, 15) is 4.39 Å². The Hall–Kier alpha value is -2.43. The second-order valence-electron chi connectivity index (χ2n) is 4.73. The van der Waals surface area contributed by atoms with Crippen LogP contribution in [0.2, 0.25) is 0 Å². The third-order valence-electron chi connectivity index (χ3n) is 3.35. The molecule has 1 aromatic carbocycles. The van der Waals surface area contributed by atoms with E-state index in [1.165, 1.54) is 18.5 Å². The molecule has 3 aromatic rings. The fourth-order valence-electron chi connectivity index (χ4n) is 2.41. The van der Waals surface area contributed by atoms with Crippen molar-refractivity contribution in [3.05, 3.63) is 42.0 Å². The third-order valence-corrected chi connectivity index (χ3v) is 3.35. The Balaban J connectivity index is 2.15. The highest BCUT2D eigenvalue weighted by Crippen LogP contribution is 2.31. The monoisotopic (exact) mass is 285 g/mol. The Morgan fingerprint density at radius 2 is 2.05 bits per heavy atom. The van der Waals surface area contributed by atoms with Crippen molar-refractivity contribution in [1.29, 1.82) is 0 Å². The summed E-state index contributed by atoms with van der Waals surface area (Å²) < 4.78 is 19.1. The van der Waals surface area contributed by atoms with Gasteiger partial charge in [-0.25, -0.2) is 14.4 Å². The average Bonchev–Trinajstić information content (AvgIpc) is 2.90. The summed E-state index contributed by atoms with van der Waals surface area (Å²) in [5.41, 5.74) is 2.40. The summed E-state index contributed by atoms with van der Waals surface area (Å²) in [5, 5.41) is 3.96. The van der Waals surface area contributed by atoms with E-state index in [-0.39, 0.29) is 5.82 Å². The van der Waals surface area contributed by atoms with Crippen LogP contribution >= 0.6 is 0 Å². The number of hydrogen-bond acceptors (Lipinski definition) is 4. The smallest absolute Gasteiger partial charge is 0.154 e. The van der Waals surface area contributed by atoms with E-state index in [4.69, 9.17) is 4.42 Å². The summed E-state index contributed by atoms with van der Waals surface area (Å²) in [7, 11) is 0. The van der Waals surface area contributed by atoms with Crippen LogP contribution in [0, 0.1) is 5.82 Å². The molecule has 0 bridgehead atoms. The standard InChI is InChI=1S/C16H16FN3O/c1-3-12-15(19-9-20-16(12)18-4-2)14-8-10-7-11(17)5-6-13(10)21-14/h5-9H,3-4H2,1-2H3,(H,18,19,20). The maximum atomic E-state index is 13.3. The van der Waals surface area contributed by atoms with Crippen molar-refractivity contribution >= 4 is 16.8 Å². The van der Waals surface area contributed by atoms with E-state index in [1.54, 1.807) is 6.07 Å². The summed E-state index contributed by atoms with van der Waals surface area (Å²) in [5.74, 6) is 1.17. The number of nitrogens with one attached hydrogen (secondary N) is 1. The van der Waals surface area contributed by atoms with E-state index in [0.717, 1.165) is 35.4 Å². The Morgan fingerprint density at radius 1 is 1.19 bits per heavy atom. The van der Waals surface area contributed by atoms with E-state index in [2.05, 4.69) is 15.3 Å². The lowest BCUT2D eigenvalue weighted by atomic mass is 10.1. The minimum absolute atomic E-state index is 0.276. The highest BCUT2D eigenvalue weighted by molar-refractivity contribution is 5.83. The molecule has 0 atom stereocenters. The summed E-state index contributed by atoms with van der Waals surface area (Å²) >= 11 is 0. The van der Waals surface area contributed by atoms with Gasteiger partial charge in [0, 0.05) is 17.5 Å². The molecule has 2 aromatic heterocycles. The maximum absolute atomic E-state index is 13.3. The summed E-state index contributed by atoms with van der Waals surface area (Å²) in [4.78, 5) is 8.61. The number of anilines is 1. The molecule has 0 fully saturated rings. The van der Waals surface area contributed by atoms with Crippen LogP contribution in [0.1, 0.15) is 19.4 Å². The van der Waals surface area contributed by atoms with Crippen molar-refractivity contribution in [2.45, 2.75) is 20.3 Å². The molecule has 1 N–H and O–H groups in total. The molecule has 108 valence electrons. The normalized spacial score (nSPS) is 11.0. The summed E-state index contributed by atoms with van der Waals surface area (Å²) in [6, 6.07) is 6.29. The molecule has 0 saturated heterocycles. The molecule has 0 aliphatic rings. The zero-order chi connectivity index (χ0) is 14.8. The Bertz CT molecular complexity index is 782. The fourth-order valence-corrected chi connectivity index (χ4v) is 2.41. The number of aromatic nitrogens is 2. The molecule has 0 amide bonds. The molecule has 0 aliphatic heterocycles. The van der Waals surface area contributed by atoms with E-state index in [0.29, 0.717) is 11.3 Å². The highest BCUT2D eigenvalue weighted by Gasteiger charge is 2.15. The van der Waals surface area contributed by atoms with Crippen LogP contribution in [-0.2, 0) is 6.42 Å². The number of hydrogen-bond donors (Lipinski definition) is 1. The predicted octanol–water partition coefficient (Wildman–Crippen LogP) is 4.02. The van der Waals surface area contributed by atoms with Crippen molar-refractivity contribution in [2.24, 2.45) is 0 Å². The number of furan rings is 1. The van der Waals surface area contributed by atoms with Crippen LogP contribution in [0.25, 0.3) is 22.4 Å². The molecule has 3 rings (SSSR count). The Kier molecular flexibility index (Phi) is 3.56. The van der Waals surface area contributed by atoms with Gasteiger partial charge in [0.1, 0.15) is 29.2 Å². The summed E-state index contributed by atoms with van der Waals surface area (Å²) in [6.07, 6.45) is 2.30. The van der Waals surface area contributed by atoms with Crippen molar-refractivity contribution in [2.75, 3.05) is 11.9 Å². The van der Waals surface area contributed by atoms with Gasteiger partial charge in [0.15, 0.2) is 5.76 Å². The zero-order valence-electron chi connectivity index (χ0n) is 12.0. The first-order valence-electron chi connectivity index (χ1n) is 7.00. The first-order chi connectivity index (χ1) is 10.2. The maximum Gasteiger partial charge on any atom is 0.154 e. The van der Waals surface area contributed by atoms with Gasteiger partial charge in [0.05, 0.1) is 0 Å². The first kappa shape index (κ1) is 13.5. The van der Waals surface area contributed by atoms with Crippen LogP contribution in [0.5, 0.6) is 0 Å². The Labute approximate surface area is 122 Å². The molecule has 21 heavy (non-hydrogen) atoms. The van der Waals surface area contributed by atoms with Crippen LogP contribution in [0.3, 0.4) is 0 Å². The van der Waals surface area contributed by atoms with Gasteiger partial charge in [0.2, 0.25) is 0 Å². The molecule has 0 saturated carbocycles. The van der Waals surface area contributed by atoms with Gasteiger partial charge in [-0.2, -0.15) is 0 Å². The lowest BCUT2D eigenvalue weighted by Crippen LogP contribution is -2.05. The Morgan fingerprint density at radius 3 is 2.81 bits per heavy atom. The third kappa shape index (κ3) is 2.46. The fraction of sp³-hybridized carbons (Fsp3) is 0.250. The van der Waals surface area contributed by atoms with Crippen molar-refractivity contribution in [3.8, 4) is 11.5 Å². The molecular weight excluding hydrogens is 269 g/mol. The van der Waals surface area contributed by atoms with Crippen LogP contribution in [0.4, 0.5) is 10.2 Å². The van der Waals surface area contributed by atoms with E-state index < -0.39 is 0 Å². The van der Waals surface area contributed by atoms with E-state index in [1.807, 2.05) is 19.9 Å². The van der Waals surface area contributed by atoms with Crippen molar-refractivity contribution in [3.63, 3.8) is 0 Å². The summed E-state index contributed by atoms with van der Waals surface area (Å²) in [6.45, 7) is 4.85. The highest BCUT2D eigenvalue weighted by atomic mass is 19.1. The number of benzene rings is 1. The minimum atomic E-state index is -0.276. The van der Waals surface area contributed by atoms with Crippen LogP contribution < -0.4 is 5.32 Å². The van der Waals surface area contributed by atoms with Gasteiger partial charge in [-0.1, -0.05) is 6.92 Å². The molecule has 0 spiro atoms. The van der Waals surface area contributed by atoms with Gasteiger partial charge in [-0.05, 0) is 37.6 Å². The molecule has 4 nitrogen and oxygen atoms in total. The predicted molar refractivity (Wildman–Crippen MR) is 80.7 cm³/mol. The molecule has 0 unspecified atom stereocenters. The topological polar surface area (TPSA) is 51.0 Å². The average molecular weight is 285 g/mol. The second-order valence-corrected chi connectivity index (χ2v) is 4.73. The molecule has 0 radical (unpaired) electrons. The number of fused-ring (bicyclic) bond motifs is 1. The lowest BCUT2D eigenvalue weighted by Gasteiger charge is -2.10. The van der Waals surface area contributed by atoms with Gasteiger partial charge in [0.25, 0.3) is 0 Å². The van der Waals surface area contributed by atoms with Crippen molar-refractivity contribution in [1.82, 2.24) is 9.97 Å². The van der Waals surface area contributed by atoms with Gasteiger partial charge in [-0.15, -0.1) is 0 Å². The van der Waals surface area contributed by atoms with E-state index >= 15 is 0 Å². The van der Waals surface area contributed by atoms with Gasteiger partial charge >= 0.3 is 0 Å². The number of rotatable bonds is 4. The van der Waals surface area contributed by atoms with Crippen molar-refractivity contribution < 1.29 is 8.81 Å². The molecule has 5 heteroatoms. The second kappa shape index (κ2) is 5.52. The molecule has 2 heterocycles. The molecular formula is C16H16FN3O. The number of halogens is 1. The van der Waals surface area contributed by atoms with Gasteiger partial charge < -0.3 is 9.73 Å². The number of nitrogens with zero attached hydrogens (tertiary/aromatic N) is 2. The molecule has 0 aliphatic carbocycles.